The normalized spacial score (nSPS) is 18.6. The van der Waals surface area contributed by atoms with Crippen LogP contribution in [0.1, 0.15) is 195 Å². The zero-order valence-corrected chi connectivity index (χ0v) is 36.6. The molecule has 0 heterocycles. The van der Waals surface area contributed by atoms with Crippen LogP contribution in [0.5, 0.6) is 0 Å². The van der Waals surface area contributed by atoms with E-state index in [2.05, 4.69) is 44.2 Å². The molecule has 2 aliphatic carbocycles. The zero-order valence-electron chi connectivity index (χ0n) is 36.6. The first-order valence-corrected chi connectivity index (χ1v) is 22.5. The van der Waals surface area contributed by atoms with Crippen LogP contribution in [0.2, 0.25) is 0 Å². The highest BCUT2D eigenvalue weighted by Crippen LogP contribution is 2.63. The van der Waals surface area contributed by atoms with Gasteiger partial charge in [-0.25, -0.2) is 0 Å². The lowest BCUT2D eigenvalue weighted by Crippen LogP contribution is -2.23. The van der Waals surface area contributed by atoms with Crippen LogP contribution in [0.25, 0.3) is 0 Å². The number of unbranched alkanes of at least 4 members (excludes halogenated alkanes) is 8. The van der Waals surface area contributed by atoms with Gasteiger partial charge >= 0.3 is 23.9 Å². The molecule has 0 radical (unpaired) electrons. The second-order valence-corrected chi connectivity index (χ2v) is 19.7. The minimum absolute atomic E-state index is 0.0142. The Morgan fingerprint density at radius 1 is 0.569 bits per heavy atom. The molecule has 0 saturated heterocycles. The third kappa shape index (κ3) is 12.9. The van der Waals surface area contributed by atoms with E-state index in [9.17, 15) is 39.6 Å². The Balaban J connectivity index is 1.37. The number of aliphatic carboxylic acids is 4. The monoisotopic (exact) mass is 803 g/mol. The SMILES string of the molecule is Cc1ccc(CCCCCC2(C(=O)O)CC2c2cc(C)cc(CCCCCC3(C(=O)O)CC3)c2CCCCCC(C)(C)C(=O)O)c(CCCCCC(C)(C)C(=O)O)c1. The van der Waals surface area contributed by atoms with Crippen LogP contribution in [-0.4, -0.2) is 44.3 Å². The number of aryl methyl sites for hydroxylation is 5. The highest BCUT2D eigenvalue weighted by molar-refractivity contribution is 5.81. The van der Waals surface area contributed by atoms with Crippen molar-refractivity contribution in [2.24, 2.45) is 21.7 Å². The molecular formula is C50H74O8. The summed E-state index contributed by atoms with van der Waals surface area (Å²) < 4.78 is 0. The fraction of sp³-hybridized carbons (Fsp3) is 0.680. The highest BCUT2D eigenvalue weighted by atomic mass is 16.4. The molecule has 322 valence electrons. The maximum Gasteiger partial charge on any atom is 0.310 e. The van der Waals surface area contributed by atoms with Crippen LogP contribution >= 0.6 is 0 Å². The topological polar surface area (TPSA) is 149 Å². The van der Waals surface area contributed by atoms with Gasteiger partial charge in [0.2, 0.25) is 0 Å². The molecule has 0 amide bonds. The van der Waals surface area contributed by atoms with Crippen LogP contribution in [0.15, 0.2) is 30.3 Å². The van der Waals surface area contributed by atoms with Crippen molar-refractivity contribution in [3.63, 3.8) is 0 Å². The van der Waals surface area contributed by atoms with Crippen LogP contribution in [0, 0.1) is 35.5 Å². The summed E-state index contributed by atoms with van der Waals surface area (Å²) in [7, 11) is 0. The zero-order chi connectivity index (χ0) is 42.7. The van der Waals surface area contributed by atoms with E-state index >= 15 is 0 Å². The third-order valence-corrected chi connectivity index (χ3v) is 13.9. The van der Waals surface area contributed by atoms with Crippen LogP contribution in [-0.2, 0) is 44.9 Å². The Bertz CT molecular complexity index is 1730. The summed E-state index contributed by atoms with van der Waals surface area (Å²) in [6, 6.07) is 11.2. The van der Waals surface area contributed by atoms with Crippen molar-refractivity contribution < 1.29 is 39.6 Å². The number of carboxylic acid groups (broad SMARTS) is 4. The van der Waals surface area contributed by atoms with Gasteiger partial charge in [0, 0.05) is 5.92 Å². The molecule has 58 heavy (non-hydrogen) atoms. The predicted molar refractivity (Wildman–Crippen MR) is 231 cm³/mol. The van der Waals surface area contributed by atoms with Gasteiger partial charge in [-0.3, -0.25) is 19.2 Å². The van der Waals surface area contributed by atoms with Gasteiger partial charge in [-0.2, -0.15) is 0 Å². The Hall–Kier alpha value is -3.68. The lowest BCUT2D eigenvalue weighted by atomic mass is 9.84. The maximum absolute atomic E-state index is 13.1. The molecule has 0 aromatic heterocycles. The van der Waals surface area contributed by atoms with E-state index in [1.807, 2.05) is 0 Å². The summed E-state index contributed by atoms with van der Waals surface area (Å²) in [5.74, 6) is -2.87. The average Bonchev–Trinajstić information content (AvgIpc) is 4.08. The molecule has 2 saturated carbocycles. The summed E-state index contributed by atoms with van der Waals surface area (Å²) in [5.41, 5.74) is 6.26. The molecule has 2 aromatic carbocycles. The van der Waals surface area contributed by atoms with Gasteiger partial charge in [-0.1, -0.05) is 92.8 Å². The molecule has 2 fully saturated rings. The van der Waals surface area contributed by atoms with Gasteiger partial charge in [0.25, 0.3) is 0 Å². The van der Waals surface area contributed by atoms with Gasteiger partial charge in [0.1, 0.15) is 0 Å². The molecule has 8 heteroatoms. The standard InChI is InChI=1S/C50H74O8/c1-35-23-24-37(38(31-35)20-12-7-15-25-47(3,4)43(51)52)19-11-9-18-28-50(46(57)58)34-42(50)41-33-36(2)32-39(21-13-8-17-27-49(29-30-49)45(55)56)40(41)22-14-10-16-26-48(5,6)44(53)54/h23-24,31-33,42H,7-22,25-30,34H2,1-6H3,(H,51,52)(H,53,54)(H,55,56)(H,57,58). The minimum atomic E-state index is -0.771. The smallest absolute Gasteiger partial charge is 0.310 e. The molecule has 2 aliphatic rings. The van der Waals surface area contributed by atoms with Crippen molar-refractivity contribution in [1.29, 1.82) is 0 Å². The van der Waals surface area contributed by atoms with Gasteiger partial charge < -0.3 is 20.4 Å². The first-order chi connectivity index (χ1) is 27.3. The lowest BCUT2D eigenvalue weighted by molar-refractivity contribution is -0.148. The van der Waals surface area contributed by atoms with Gasteiger partial charge in [-0.15, -0.1) is 0 Å². The van der Waals surface area contributed by atoms with Crippen LogP contribution in [0.3, 0.4) is 0 Å². The molecule has 2 atom stereocenters. The van der Waals surface area contributed by atoms with E-state index in [1.54, 1.807) is 27.7 Å². The Labute approximate surface area is 348 Å². The Morgan fingerprint density at radius 2 is 1.07 bits per heavy atom. The van der Waals surface area contributed by atoms with Crippen molar-refractivity contribution in [3.05, 3.63) is 69.3 Å². The molecule has 4 rings (SSSR count). The summed E-state index contributed by atoms with van der Waals surface area (Å²) in [6.07, 6.45) is 20.0. The summed E-state index contributed by atoms with van der Waals surface area (Å²) in [6.45, 7) is 11.4. The minimum Gasteiger partial charge on any atom is -0.481 e. The van der Waals surface area contributed by atoms with Gasteiger partial charge in [-0.05, 0) is 166 Å². The number of carbonyl (C=O) groups is 4. The fourth-order valence-electron chi connectivity index (χ4n) is 9.25. The van der Waals surface area contributed by atoms with Crippen molar-refractivity contribution >= 4 is 23.9 Å². The summed E-state index contributed by atoms with van der Waals surface area (Å²) >= 11 is 0. The first-order valence-electron chi connectivity index (χ1n) is 22.5. The molecule has 2 aromatic rings. The second-order valence-electron chi connectivity index (χ2n) is 19.7. The number of hydrogen-bond donors (Lipinski definition) is 4. The van der Waals surface area contributed by atoms with E-state index in [-0.39, 0.29) is 5.92 Å². The van der Waals surface area contributed by atoms with E-state index in [1.165, 1.54) is 33.4 Å². The molecule has 0 spiro atoms. The lowest BCUT2D eigenvalue weighted by Gasteiger charge is -2.21. The summed E-state index contributed by atoms with van der Waals surface area (Å²) in [4.78, 5) is 47.9. The van der Waals surface area contributed by atoms with E-state index in [0.29, 0.717) is 25.7 Å². The van der Waals surface area contributed by atoms with Crippen LogP contribution in [0.4, 0.5) is 0 Å². The van der Waals surface area contributed by atoms with Gasteiger partial charge in [0.05, 0.1) is 21.7 Å². The largest absolute Gasteiger partial charge is 0.481 e. The predicted octanol–water partition coefficient (Wildman–Crippen LogP) is 12.1. The van der Waals surface area contributed by atoms with E-state index in [0.717, 1.165) is 128 Å². The van der Waals surface area contributed by atoms with E-state index in [4.69, 9.17) is 0 Å². The van der Waals surface area contributed by atoms with Crippen LogP contribution < -0.4 is 0 Å². The molecule has 0 aliphatic heterocycles. The van der Waals surface area contributed by atoms with Gasteiger partial charge in [0.15, 0.2) is 0 Å². The molecule has 4 N–H and O–H groups in total. The quantitative estimate of drug-likeness (QED) is 0.0594. The molecule has 8 nitrogen and oxygen atoms in total. The van der Waals surface area contributed by atoms with Crippen molar-refractivity contribution in [3.8, 4) is 0 Å². The molecule has 0 bridgehead atoms. The number of rotatable bonds is 29. The summed E-state index contributed by atoms with van der Waals surface area (Å²) in [5, 5.41) is 39.3. The average molecular weight is 803 g/mol. The van der Waals surface area contributed by atoms with Crippen molar-refractivity contribution in [1.82, 2.24) is 0 Å². The van der Waals surface area contributed by atoms with E-state index < -0.39 is 45.5 Å². The number of benzene rings is 2. The molecule has 2 unspecified atom stereocenters. The Kier molecular flexibility index (Phi) is 16.6. The number of carboxylic acids is 4. The number of hydrogen-bond acceptors (Lipinski definition) is 4. The highest BCUT2D eigenvalue weighted by Gasteiger charge is 2.60. The first kappa shape index (κ1) is 47.0. The Morgan fingerprint density at radius 3 is 1.60 bits per heavy atom. The molecular weight excluding hydrogens is 729 g/mol. The van der Waals surface area contributed by atoms with Crippen molar-refractivity contribution in [2.75, 3.05) is 0 Å². The second kappa shape index (κ2) is 20.5. The van der Waals surface area contributed by atoms with Crippen molar-refractivity contribution in [2.45, 2.75) is 195 Å². The maximum atomic E-state index is 13.1. The third-order valence-electron chi connectivity index (χ3n) is 13.9. The fourth-order valence-corrected chi connectivity index (χ4v) is 9.25.